The molecule has 8 heteroatoms. The van der Waals surface area contributed by atoms with Crippen molar-refractivity contribution in [2.45, 2.75) is 12.8 Å². The van der Waals surface area contributed by atoms with Gasteiger partial charge in [-0.3, -0.25) is 4.79 Å². The Hall–Kier alpha value is -3.42. The van der Waals surface area contributed by atoms with E-state index in [0.29, 0.717) is 22.4 Å². The largest absolute Gasteiger partial charge is 0.485 e. The average molecular weight is 339 g/mol. The van der Waals surface area contributed by atoms with Crippen LogP contribution in [0.4, 0.5) is 0 Å². The van der Waals surface area contributed by atoms with E-state index in [1.807, 2.05) is 6.07 Å². The topological polar surface area (TPSA) is 92.5 Å². The van der Waals surface area contributed by atoms with Crippen molar-refractivity contribution in [3.63, 3.8) is 0 Å². The van der Waals surface area contributed by atoms with Gasteiger partial charge in [-0.05, 0) is 24.3 Å². The fraction of sp³-hybridized carbons (Fsp3) is 0.176. The molecule has 0 unspecified atom stereocenters. The van der Waals surface area contributed by atoms with Crippen LogP contribution in [0.1, 0.15) is 0 Å². The van der Waals surface area contributed by atoms with E-state index in [4.69, 9.17) is 14.2 Å². The van der Waals surface area contributed by atoms with E-state index in [9.17, 15) is 9.59 Å². The molecule has 0 amide bonds. The van der Waals surface area contributed by atoms with Crippen molar-refractivity contribution >= 4 is 16.9 Å². The van der Waals surface area contributed by atoms with Gasteiger partial charge in [-0.1, -0.05) is 29.5 Å². The second-order valence-electron chi connectivity index (χ2n) is 5.37. The maximum absolute atomic E-state index is 12.3. The molecule has 1 aliphatic heterocycles. The number of rotatable bonds is 3. The SMILES string of the molecule is O=C(OCn1nnc2ccccc2c1=O)[C@@H]1COc2ccccc2O1. The normalized spacial score (nSPS) is 15.8. The predicted octanol–water partition coefficient (Wildman–Crippen LogP) is 1.13. The summed E-state index contributed by atoms with van der Waals surface area (Å²) in [7, 11) is 0. The number of carbonyl (C=O) groups is 1. The highest BCUT2D eigenvalue weighted by atomic mass is 16.6. The number of ether oxygens (including phenoxy) is 3. The quantitative estimate of drug-likeness (QED) is 0.660. The molecule has 8 nitrogen and oxygen atoms in total. The van der Waals surface area contributed by atoms with E-state index in [1.165, 1.54) is 0 Å². The smallest absolute Gasteiger partial charge is 0.352 e. The summed E-state index contributed by atoms with van der Waals surface area (Å²) in [5.74, 6) is 0.401. The molecule has 2 aromatic carbocycles. The van der Waals surface area contributed by atoms with Gasteiger partial charge in [-0.15, -0.1) is 5.10 Å². The van der Waals surface area contributed by atoms with E-state index < -0.39 is 12.1 Å². The Labute approximate surface area is 141 Å². The highest BCUT2D eigenvalue weighted by molar-refractivity contribution is 5.77. The van der Waals surface area contributed by atoms with Crippen LogP contribution in [-0.2, 0) is 16.3 Å². The van der Waals surface area contributed by atoms with Crippen LogP contribution in [-0.4, -0.2) is 33.7 Å². The lowest BCUT2D eigenvalue weighted by molar-refractivity contribution is -0.159. The summed E-state index contributed by atoms with van der Waals surface area (Å²) in [5.41, 5.74) is 0.0975. The highest BCUT2D eigenvalue weighted by Gasteiger charge is 2.28. The Morgan fingerprint density at radius 2 is 1.92 bits per heavy atom. The maximum Gasteiger partial charge on any atom is 0.352 e. The average Bonchev–Trinajstić information content (AvgIpc) is 2.67. The van der Waals surface area contributed by atoms with E-state index in [1.54, 1.807) is 42.5 Å². The van der Waals surface area contributed by atoms with E-state index in [2.05, 4.69) is 10.3 Å². The molecule has 1 aromatic heterocycles. The Morgan fingerprint density at radius 3 is 2.80 bits per heavy atom. The number of fused-ring (bicyclic) bond motifs is 2. The third-order valence-corrected chi connectivity index (χ3v) is 3.73. The number of carbonyl (C=O) groups excluding carboxylic acids is 1. The molecule has 0 N–H and O–H groups in total. The third-order valence-electron chi connectivity index (χ3n) is 3.73. The van der Waals surface area contributed by atoms with Gasteiger partial charge in [0, 0.05) is 0 Å². The number of hydrogen-bond donors (Lipinski definition) is 0. The van der Waals surface area contributed by atoms with Crippen molar-refractivity contribution in [2.24, 2.45) is 0 Å². The molecule has 3 aromatic rings. The van der Waals surface area contributed by atoms with Crippen LogP contribution in [0.5, 0.6) is 11.5 Å². The van der Waals surface area contributed by atoms with Crippen molar-refractivity contribution in [1.29, 1.82) is 0 Å². The van der Waals surface area contributed by atoms with Crippen LogP contribution < -0.4 is 15.0 Å². The van der Waals surface area contributed by atoms with Crippen LogP contribution in [0, 0.1) is 0 Å². The van der Waals surface area contributed by atoms with Crippen molar-refractivity contribution in [1.82, 2.24) is 15.0 Å². The number of aromatic nitrogens is 3. The fourth-order valence-corrected chi connectivity index (χ4v) is 2.46. The van der Waals surface area contributed by atoms with E-state index in [-0.39, 0.29) is 18.9 Å². The van der Waals surface area contributed by atoms with Gasteiger partial charge in [0.15, 0.2) is 18.2 Å². The molecule has 0 bridgehead atoms. The fourth-order valence-electron chi connectivity index (χ4n) is 2.46. The minimum absolute atomic E-state index is 0.0359. The Balaban J connectivity index is 1.46. The standard InChI is InChI=1S/C17H13N3O5/c21-16-11-5-1-2-6-12(11)18-19-20(16)10-24-17(22)15-9-23-13-7-3-4-8-14(13)25-15/h1-8,15H,9-10H2/t15-/m0/s1. The lowest BCUT2D eigenvalue weighted by Gasteiger charge is -2.24. The van der Waals surface area contributed by atoms with Crippen LogP contribution in [0.25, 0.3) is 10.9 Å². The summed E-state index contributed by atoms with van der Waals surface area (Å²) in [5, 5.41) is 8.09. The van der Waals surface area contributed by atoms with E-state index in [0.717, 1.165) is 4.68 Å². The summed E-state index contributed by atoms with van der Waals surface area (Å²) in [4.78, 5) is 24.5. The Kier molecular flexibility index (Phi) is 3.77. The van der Waals surface area contributed by atoms with Crippen molar-refractivity contribution in [2.75, 3.05) is 6.61 Å². The molecular formula is C17H13N3O5. The monoisotopic (exact) mass is 339 g/mol. The molecule has 126 valence electrons. The summed E-state index contributed by atoms with van der Waals surface area (Å²) in [6.45, 7) is -0.314. The van der Waals surface area contributed by atoms with Gasteiger partial charge < -0.3 is 14.2 Å². The second kappa shape index (κ2) is 6.23. The van der Waals surface area contributed by atoms with Crippen LogP contribution in [0.2, 0.25) is 0 Å². The van der Waals surface area contributed by atoms with Gasteiger partial charge in [0.1, 0.15) is 12.1 Å². The van der Waals surface area contributed by atoms with Gasteiger partial charge in [0.05, 0.1) is 5.39 Å². The molecule has 0 aliphatic carbocycles. The molecule has 0 fully saturated rings. The van der Waals surface area contributed by atoms with Crippen LogP contribution >= 0.6 is 0 Å². The minimum atomic E-state index is -0.904. The number of hydrogen-bond acceptors (Lipinski definition) is 7. The van der Waals surface area contributed by atoms with Crippen molar-refractivity contribution in [3.8, 4) is 11.5 Å². The summed E-state index contributed by atoms with van der Waals surface area (Å²) >= 11 is 0. The molecular weight excluding hydrogens is 326 g/mol. The van der Waals surface area contributed by atoms with Crippen molar-refractivity contribution in [3.05, 3.63) is 58.9 Å². The lowest BCUT2D eigenvalue weighted by atomic mass is 10.2. The molecule has 0 spiro atoms. The predicted molar refractivity (Wildman–Crippen MR) is 86.2 cm³/mol. The first-order chi connectivity index (χ1) is 12.2. The van der Waals surface area contributed by atoms with Crippen LogP contribution in [0.15, 0.2) is 53.3 Å². The molecule has 0 saturated carbocycles. The zero-order valence-electron chi connectivity index (χ0n) is 13.0. The first kappa shape index (κ1) is 15.1. The van der Waals surface area contributed by atoms with Gasteiger partial charge in [-0.2, -0.15) is 4.68 Å². The summed E-state index contributed by atoms with van der Waals surface area (Å²) in [6, 6.07) is 13.9. The number of para-hydroxylation sites is 2. The maximum atomic E-state index is 12.3. The Bertz CT molecular complexity index is 1000. The highest BCUT2D eigenvalue weighted by Crippen LogP contribution is 2.31. The van der Waals surface area contributed by atoms with Crippen molar-refractivity contribution < 1.29 is 19.0 Å². The molecule has 4 rings (SSSR count). The molecule has 1 aliphatic rings. The van der Waals surface area contributed by atoms with Gasteiger partial charge in [-0.25, -0.2) is 4.79 Å². The molecule has 0 saturated heterocycles. The van der Waals surface area contributed by atoms with Crippen LogP contribution in [0.3, 0.4) is 0 Å². The zero-order chi connectivity index (χ0) is 17.2. The third kappa shape index (κ3) is 2.89. The molecule has 0 radical (unpaired) electrons. The van der Waals surface area contributed by atoms with Gasteiger partial charge in [0.2, 0.25) is 6.10 Å². The molecule has 1 atom stereocenters. The lowest BCUT2D eigenvalue weighted by Crippen LogP contribution is -2.39. The first-order valence-electron chi connectivity index (χ1n) is 7.60. The van der Waals surface area contributed by atoms with Gasteiger partial charge in [0.25, 0.3) is 5.56 Å². The number of nitrogens with zero attached hydrogens (tertiary/aromatic N) is 3. The zero-order valence-corrected chi connectivity index (χ0v) is 13.0. The first-order valence-corrected chi connectivity index (χ1v) is 7.60. The van der Waals surface area contributed by atoms with Gasteiger partial charge >= 0.3 is 5.97 Å². The second-order valence-corrected chi connectivity index (χ2v) is 5.37. The number of esters is 1. The van der Waals surface area contributed by atoms with E-state index >= 15 is 0 Å². The molecule has 2 heterocycles. The summed E-state index contributed by atoms with van der Waals surface area (Å²) < 4.78 is 17.1. The summed E-state index contributed by atoms with van der Waals surface area (Å²) in [6.07, 6.45) is -0.904. The number of benzene rings is 2. The minimum Gasteiger partial charge on any atom is -0.485 e. The molecule has 25 heavy (non-hydrogen) atoms. The Morgan fingerprint density at radius 1 is 1.16 bits per heavy atom.